The molecule has 0 spiro atoms. The minimum atomic E-state index is 0.217. The molecule has 1 unspecified atom stereocenters. The number of nitrogens with zero attached hydrogens (tertiary/aromatic N) is 3. The van der Waals surface area contributed by atoms with Gasteiger partial charge in [0.1, 0.15) is 6.54 Å². The molecular weight excluding hydrogens is 282 g/mol. The summed E-state index contributed by atoms with van der Waals surface area (Å²) in [4.78, 5) is 8.59. The lowest BCUT2D eigenvalue weighted by Crippen LogP contribution is -2.40. The van der Waals surface area contributed by atoms with Crippen LogP contribution in [0.1, 0.15) is 45.3 Å². The highest BCUT2D eigenvalue weighted by Gasteiger charge is 2.11. The molecule has 0 saturated heterocycles. The maximum Gasteiger partial charge on any atom is 0.223 e. The van der Waals surface area contributed by atoms with Crippen LogP contribution in [0.15, 0.2) is 9.52 Å². The predicted molar refractivity (Wildman–Crippen MR) is 86.5 cm³/mol. The molecule has 0 aromatic carbocycles. The normalized spacial score (nSPS) is 13.5. The summed E-state index contributed by atoms with van der Waals surface area (Å²) in [6, 6.07) is 0. The van der Waals surface area contributed by atoms with E-state index in [1.807, 2.05) is 6.92 Å². The maximum atomic E-state index is 9.17. The Morgan fingerprint density at radius 2 is 2.14 bits per heavy atom. The Morgan fingerprint density at radius 1 is 1.36 bits per heavy atom. The van der Waals surface area contributed by atoms with Gasteiger partial charge in [0.2, 0.25) is 5.89 Å². The van der Waals surface area contributed by atoms with E-state index in [2.05, 4.69) is 39.6 Å². The van der Waals surface area contributed by atoms with Gasteiger partial charge in [-0.05, 0) is 31.6 Å². The first kappa shape index (κ1) is 18.4. The molecule has 0 aliphatic carbocycles. The average molecular weight is 311 g/mol. The van der Waals surface area contributed by atoms with E-state index < -0.39 is 0 Å². The highest BCUT2D eigenvalue weighted by atomic mass is 16.5. The largest absolute Gasteiger partial charge is 0.396 e. The molecule has 0 radical (unpaired) electrons. The second-order valence-electron chi connectivity index (χ2n) is 5.81. The van der Waals surface area contributed by atoms with E-state index in [1.54, 1.807) is 6.92 Å². The Kier molecular flexibility index (Phi) is 8.50. The van der Waals surface area contributed by atoms with Crippen molar-refractivity contribution in [3.8, 4) is 0 Å². The molecule has 22 heavy (non-hydrogen) atoms. The highest BCUT2D eigenvalue weighted by Crippen LogP contribution is 2.14. The molecule has 0 saturated carbocycles. The second kappa shape index (κ2) is 10.2. The lowest BCUT2D eigenvalue weighted by Gasteiger charge is -2.20. The second-order valence-corrected chi connectivity index (χ2v) is 5.81. The van der Waals surface area contributed by atoms with Crippen LogP contribution >= 0.6 is 0 Å². The molecule has 0 aliphatic rings. The fourth-order valence-electron chi connectivity index (χ4n) is 2.29. The first-order valence-corrected chi connectivity index (χ1v) is 7.97. The van der Waals surface area contributed by atoms with Gasteiger partial charge in [-0.25, -0.2) is 4.99 Å². The van der Waals surface area contributed by atoms with E-state index in [1.165, 1.54) is 0 Å². The number of nitrogens with one attached hydrogen (secondary N) is 2. The van der Waals surface area contributed by atoms with Gasteiger partial charge in [-0.3, -0.25) is 0 Å². The van der Waals surface area contributed by atoms with Crippen molar-refractivity contribution in [1.82, 2.24) is 20.8 Å². The van der Waals surface area contributed by atoms with Crippen molar-refractivity contribution < 1.29 is 9.63 Å². The van der Waals surface area contributed by atoms with Crippen LogP contribution in [-0.2, 0) is 6.54 Å². The van der Waals surface area contributed by atoms with E-state index in [4.69, 9.17) is 4.52 Å². The number of aliphatic hydroxyl groups is 1. The smallest absolute Gasteiger partial charge is 0.223 e. The maximum absolute atomic E-state index is 9.17. The molecule has 0 aliphatic heterocycles. The molecule has 126 valence electrons. The average Bonchev–Trinajstić information content (AvgIpc) is 2.87. The Morgan fingerprint density at radius 3 is 2.68 bits per heavy atom. The van der Waals surface area contributed by atoms with Gasteiger partial charge >= 0.3 is 0 Å². The fourth-order valence-corrected chi connectivity index (χ4v) is 2.29. The molecule has 3 N–H and O–H groups in total. The van der Waals surface area contributed by atoms with Gasteiger partial charge in [-0.1, -0.05) is 19.0 Å². The number of rotatable bonds is 9. The first-order valence-electron chi connectivity index (χ1n) is 7.97. The summed E-state index contributed by atoms with van der Waals surface area (Å²) in [5, 5.41) is 19.5. The zero-order valence-electron chi connectivity index (χ0n) is 14.1. The highest BCUT2D eigenvalue weighted by molar-refractivity contribution is 5.79. The van der Waals surface area contributed by atoms with Crippen LogP contribution in [0.2, 0.25) is 0 Å². The zero-order chi connectivity index (χ0) is 16.4. The van der Waals surface area contributed by atoms with Crippen LogP contribution in [0, 0.1) is 18.8 Å². The summed E-state index contributed by atoms with van der Waals surface area (Å²) in [7, 11) is 0. The standard InChI is InChI=1S/C15H29N5O2/c1-5-16-15(18-10-14-19-12(4)22-20-14)17-9-13(6-7-21)8-11(2)3/h11,13,21H,5-10H2,1-4H3,(H2,16,17,18). The molecule has 1 heterocycles. The summed E-state index contributed by atoms with van der Waals surface area (Å²) in [5.74, 6) is 2.89. The summed E-state index contributed by atoms with van der Waals surface area (Å²) < 4.78 is 4.93. The zero-order valence-corrected chi connectivity index (χ0v) is 14.1. The number of aliphatic imine (C=N–C) groups is 1. The van der Waals surface area contributed by atoms with Gasteiger partial charge in [0.15, 0.2) is 11.8 Å². The Balaban J connectivity index is 2.54. The molecule has 1 aromatic rings. The fraction of sp³-hybridized carbons (Fsp3) is 0.800. The van der Waals surface area contributed by atoms with Crippen molar-refractivity contribution in [1.29, 1.82) is 0 Å². The van der Waals surface area contributed by atoms with Crippen LogP contribution in [0.5, 0.6) is 0 Å². The van der Waals surface area contributed by atoms with Gasteiger partial charge in [-0.15, -0.1) is 0 Å². The van der Waals surface area contributed by atoms with Gasteiger partial charge in [0, 0.05) is 26.6 Å². The van der Waals surface area contributed by atoms with Crippen molar-refractivity contribution in [3.05, 3.63) is 11.7 Å². The molecular formula is C15H29N5O2. The third kappa shape index (κ3) is 7.40. The molecule has 0 fully saturated rings. The number of aliphatic hydroxyl groups excluding tert-OH is 1. The lowest BCUT2D eigenvalue weighted by molar-refractivity contribution is 0.243. The van der Waals surface area contributed by atoms with Crippen LogP contribution in [0.3, 0.4) is 0 Å². The third-order valence-electron chi connectivity index (χ3n) is 3.19. The van der Waals surface area contributed by atoms with Gasteiger partial charge < -0.3 is 20.3 Å². The summed E-state index contributed by atoms with van der Waals surface area (Å²) in [6.45, 7) is 10.3. The van der Waals surface area contributed by atoms with Crippen LogP contribution in [-0.4, -0.2) is 40.9 Å². The first-order chi connectivity index (χ1) is 10.5. The van der Waals surface area contributed by atoms with Crippen molar-refractivity contribution in [2.45, 2.75) is 47.1 Å². The van der Waals surface area contributed by atoms with E-state index in [0.29, 0.717) is 30.1 Å². The van der Waals surface area contributed by atoms with Crippen molar-refractivity contribution >= 4 is 5.96 Å². The topological polar surface area (TPSA) is 95.6 Å². The minimum Gasteiger partial charge on any atom is -0.396 e. The monoisotopic (exact) mass is 311 g/mol. The molecule has 1 rings (SSSR count). The molecule has 7 nitrogen and oxygen atoms in total. The van der Waals surface area contributed by atoms with Gasteiger partial charge in [-0.2, -0.15) is 4.98 Å². The van der Waals surface area contributed by atoms with Gasteiger partial charge in [0.25, 0.3) is 0 Å². The predicted octanol–water partition coefficient (Wildman–Crippen LogP) is 1.48. The van der Waals surface area contributed by atoms with Crippen molar-refractivity contribution in [2.24, 2.45) is 16.8 Å². The molecule has 0 amide bonds. The third-order valence-corrected chi connectivity index (χ3v) is 3.19. The van der Waals surface area contributed by atoms with Crippen LogP contribution in [0.4, 0.5) is 0 Å². The summed E-state index contributed by atoms with van der Waals surface area (Å²) in [6.07, 6.45) is 1.88. The Bertz CT molecular complexity index is 445. The van der Waals surface area contributed by atoms with E-state index in [0.717, 1.165) is 31.9 Å². The molecule has 1 atom stereocenters. The van der Waals surface area contributed by atoms with Gasteiger partial charge in [0.05, 0.1) is 0 Å². The van der Waals surface area contributed by atoms with Crippen LogP contribution in [0.25, 0.3) is 0 Å². The number of hydrogen-bond acceptors (Lipinski definition) is 5. The number of hydrogen-bond donors (Lipinski definition) is 3. The SMILES string of the molecule is CCNC(=NCc1noc(C)n1)NCC(CCO)CC(C)C. The quantitative estimate of drug-likeness (QED) is 0.472. The molecule has 1 aromatic heterocycles. The summed E-state index contributed by atoms with van der Waals surface area (Å²) >= 11 is 0. The number of aromatic nitrogens is 2. The minimum absolute atomic E-state index is 0.217. The van der Waals surface area contributed by atoms with Crippen molar-refractivity contribution in [2.75, 3.05) is 19.7 Å². The van der Waals surface area contributed by atoms with Crippen molar-refractivity contribution in [3.63, 3.8) is 0 Å². The molecule has 7 heteroatoms. The Labute approximate surface area is 132 Å². The van der Waals surface area contributed by atoms with E-state index >= 15 is 0 Å². The molecule has 0 bridgehead atoms. The van der Waals surface area contributed by atoms with Crippen LogP contribution < -0.4 is 10.6 Å². The van der Waals surface area contributed by atoms with E-state index in [9.17, 15) is 5.11 Å². The van der Waals surface area contributed by atoms with E-state index in [-0.39, 0.29) is 6.61 Å². The Hall–Kier alpha value is -1.63. The number of aryl methyl sites for hydroxylation is 1. The lowest BCUT2D eigenvalue weighted by atomic mass is 9.94. The summed E-state index contributed by atoms with van der Waals surface area (Å²) in [5.41, 5.74) is 0. The number of guanidine groups is 1.